The highest BCUT2D eigenvalue weighted by Gasteiger charge is 2.25. The molecule has 2 fully saturated rings. The van der Waals surface area contributed by atoms with Crippen molar-refractivity contribution in [3.63, 3.8) is 0 Å². The van der Waals surface area contributed by atoms with Gasteiger partial charge in [0, 0.05) is 51.2 Å². The number of aromatic nitrogens is 1. The molecule has 25 heavy (non-hydrogen) atoms. The molecule has 1 aliphatic heterocycles. The Morgan fingerprint density at radius 1 is 1.16 bits per heavy atom. The first kappa shape index (κ1) is 18.2. The summed E-state index contributed by atoms with van der Waals surface area (Å²) in [6, 6.07) is 5.08. The molecular weight excluding hydrogens is 312 g/mol. The zero-order chi connectivity index (χ0) is 17.5. The van der Waals surface area contributed by atoms with Crippen LogP contribution in [0, 0.1) is 0 Å². The van der Waals surface area contributed by atoms with Crippen LogP contribution >= 0.6 is 0 Å². The van der Waals surface area contributed by atoms with Crippen molar-refractivity contribution in [2.24, 2.45) is 0 Å². The normalized spacial score (nSPS) is 20.4. The number of hydrogen-bond donors (Lipinski definition) is 1. The fourth-order valence-electron chi connectivity index (χ4n) is 4.05. The highest BCUT2D eigenvalue weighted by Crippen LogP contribution is 2.22. The SMILES string of the molecule is CN(C(=O)NC1CCN(CCc2ccncc2)CC1)C1CCCCC1. The van der Waals surface area contributed by atoms with E-state index in [1.807, 2.05) is 24.3 Å². The Morgan fingerprint density at radius 2 is 1.84 bits per heavy atom. The lowest BCUT2D eigenvalue weighted by Crippen LogP contribution is -2.51. The molecule has 5 nitrogen and oxygen atoms in total. The first-order valence-electron chi connectivity index (χ1n) is 9.87. The summed E-state index contributed by atoms with van der Waals surface area (Å²) >= 11 is 0. The van der Waals surface area contributed by atoms with Gasteiger partial charge in [0.2, 0.25) is 0 Å². The highest BCUT2D eigenvalue weighted by molar-refractivity contribution is 5.74. The van der Waals surface area contributed by atoms with Crippen LogP contribution in [0.2, 0.25) is 0 Å². The molecule has 1 N–H and O–H groups in total. The van der Waals surface area contributed by atoms with Crippen LogP contribution in [0.5, 0.6) is 0 Å². The Morgan fingerprint density at radius 3 is 2.52 bits per heavy atom. The van der Waals surface area contributed by atoms with E-state index >= 15 is 0 Å². The summed E-state index contributed by atoms with van der Waals surface area (Å²) in [5, 5.41) is 3.26. The second-order valence-corrected chi connectivity index (χ2v) is 7.57. The van der Waals surface area contributed by atoms with Gasteiger partial charge in [-0.2, -0.15) is 0 Å². The maximum Gasteiger partial charge on any atom is 0.317 e. The van der Waals surface area contributed by atoms with E-state index in [0.717, 1.165) is 51.7 Å². The number of pyridine rings is 1. The van der Waals surface area contributed by atoms with E-state index in [2.05, 4.69) is 27.3 Å². The molecule has 0 bridgehead atoms. The van der Waals surface area contributed by atoms with Crippen molar-refractivity contribution in [3.8, 4) is 0 Å². The topological polar surface area (TPSA) is 48.5 Å². The number of hydrogen-bond acceptors (Lipinski definition) is 3. The lowest BCUT2D eigenvalue weighted by atomic mass is 9.94. The molecule has 1 aromatic heterocycles. The third kappa shape index (κ3) is 5.43. The summed E-state index contributed by atoms with van der Waals surface area (Å²) < 4.78 is 0. The lowest BCUT2D eigenvalue weighted by Gasteiger charge is -2.35. The maximum atomic E-state index is 12.5. The van der Waals surface area contributed by atoms with Crippen molar-refractivity contribution in [1.82, 2.24) is 20.1 Å². The maximum absolute atomic E-state index is 12.5. The Bertz CT molecular complexity index is 522. The molecule has 2 aliphatic rings. The number of amides is 2. The summed E-state index contributed by atoms with van der Waals surface area (Å²) in [7, 11) is 1.97. The first-order valence-corrected chi connectivity index (χ1v) is 9.87. The van der Waals surface area contributed by atoms with Crippen LogP contribution in [0.3, 0.4) is 0 Å². The number of urea groups is 1. The number of carbonyl (C=O) groups is 1. The summed E-state index contributed by atoms with van der Waals surface area (Å²) in [6.45, 7) is 3.24. The number of rotatable bonds is 5. The predicted octanol–water partition coefficient (Wildman–Crippen LogP) is 3.06. The Balaban J connectivity index is 1.36. The van der Waals surface area contributed by atoms with Crippen LogP contribution in [0.4, 0.5) is 4.79 Å². The number of piperidine rings is 1. The van der Waals surface area contributed by atoms with E-state index in [9.17, 15) is 4.79 Å². The van der Waals surface area contributed by atoms with Crippen LogP contribution in [0.25, 0.3) is 0 Å². The van der Waals surface area contributed by atoms with Crippen LogP contribution in [-0.2, 0) is 6.42 Å². The second kappa shape index (κ2) is 9.18. The first-order chi connectivity index (χ1) is 12.2. The van der Waals surface area contributed by atoms with Gasteiger partial charge in [-0.25, -0.2) is 4.79 Å². The molecule has 0 aromatic carbocycles. The Labute approximate surface area is 151 Å². The van der Waals surface area contributed by atoms with Gasteiger partial charge < -0.3 is 15.1 Å². The summed E-state index contributed by atoms with van der Waals surface area (Å²) in [4.78, 5) is 21.0. The average molecular weight is 345 g/mol. The van der Waals surface area contributed by atoms with Crippen molar-refractivity contribution in [3.05, 3.63) is 30.1 Å². The molecule has 138 valence electrons. The lowest BCUT2D eigenvalue weighted by molar-refractivity contribution is 0.157. The predicted molar refractivity (Wildman–Crippen MR) is 101 cm³/mol. The van der Waals surface area contributed by atoms with Gasteiger partial charge in [-0.1, -0.05) is 19.3 Å². The monoisotopic (exact) mass is 344 g/mol. The fourth-order valence-corrected chi connectivity index (χ4v) is 4.05. The van der Waals surface area contributed by atoms with Gasteiger partial charge in [0.1, 0.15) is 0 Å². The van der Waals surface area contributed by atoms with Gasteiger partial charge in [-0.05, 0) is 49.8 Å². The van der Waals surface area contributed by atoms with E-state index < -0.39 is 0 Å². The molecule has 1 saturated heterocycles. The molecule has 0 spiro atoms. The minimum absolute atomic E-state index is 0.127. The molecule has 1 saturated carbocycles. The van der Waals surface area contributed by atoms with E-state index in [0.29, 0.717) is 12.1 Å². The molecule has 1 aromatic rings. The summed E-state index contributed by atoms with van der Waals surface area (Å²) in [5.74, 6) is 0. The molecule has 0 unspecified atom stereocenters. The van der Waals surface area contributed by atoms with Gasteiger partial charge in [0.25, 0.3) is 0 Å². The zero-order valence-corrected chi connectivity index (χ0v) is 15.5. The molecular formula is C20H32N4O. The minimum atomic E-state index is 0.127. The molecule has 0 radical (unpaired) electrons. The number of likely N-dealkylation sites (tertiary alicyclic amines) is 1. The van der Waals surface area contributed by atoms with Crippen molar-refractivity contribution >= 4 is 6.03 Å². The van der Waals surface area contributed by atoms with E-state index in [1.165, 1.54) is 24.8 Å². The smallest absolute Gasteiger partial charge is 0.317 e. The standard InChI is InChI=1S/C20H32N4O/c1-23(19-5-3-2-4-6-19)20(25)22-18-10-15-24(16-11-18)14-9-17-7-12-21-13-8-17/h7-8,12-13,18-19H,2-6,9-11,14-16H2,1H3,(H,22,25). The van der Waals surface area contributed by atoms with Crippen LogP contribution in [0.1, 0.15) is 50.5 Å². The van der Waals surface area contributed by atoms with E-state index in [4.69, 9.17) is 0 Å². The third-order valence-electron chi connectivity index (χ3n) is 5.82. The zero-order valence-electron chi connectivity index (χ0n) is 15.5. The number of nitrogens with zero attached hydrogens (tertiary/aromatic N) is 3. The average Bonchev–Trinajstić information content (AvgIpc) is 2.68. The molecule has 5 heteroatoms. The number of carbonyl (C=O) groups excluding carboxylic acids is 1. The molecule has 2 heterocycles. The van der Waals surface area contributed by atoms with Crippen molar-refractivity contribution in [1.29, 1.82) is 0 Å². The molecule has 2 amide bonds. The highest BCUT2D eigenvalue weighted by atomic mass is 16.2. The Hall–Kier alpha value is -1.62. The summed E-state index contributed by atoms with van der Waals surface area (Å²) in [5.41, 5.74) is 1.35. The molecule has 1 aliphatic carbocycles. The van der Waals surface area contributed by atoms with Crippen molar-refractivity contribution < 1.29 is 4.79 Å². The van der Waals surface area contributed by atoms with E-state index in [1.54, 1.807) is 0 Å². The fraction of sp³-hybridized carbons (Fsp3) is 0.700. The van der Waals surface area contributed by atoms with Crippen molar-refractivity contribution in [2.45, 2.75) is 63.5 Å². The Kier molecular flexibility index (Phi) is 6.68. The van der Waals surface area contributed by atoms with E-state index in [-0.39, 0.29) is 6.03 Å². The van der Waals surface area contributed by atoms with Crippen LogP contribution < -0.4 is 5.32 Å². The van der Waals surface area contributed by atoms with Gasteiger partial charge >= 0.3 is 6.03 Å². The number of nitrogens with one attached hydrogen (secondary N) is 1. The second-order valence-electron chi connectivity index (χ2n) is 7.57. The van der Waals surface area contributed by atoms with Crippen LogP contribution in [-0.4, -0.2) is 59.6 Å². The largest absolute Gasteiger partial charge is 0.335 e. The van der Waals surface area contributed by atoms with Gasteiger partial charge in [0.15, 0.2) is 0 Å². The van der Waals surface area contributed by atoms with Gasteiger partial charge in [0.05, 0.1) is 0 Å². The molecule has 0 atom stereocenters. The quantitative estimate of drug-likeness (QED) is 0.893. The van der Waals surface area contributed by atoms with Crippen molar-refractivity contribution in [2.75, 3.05) is 26.7 Å². The van der Waals surface area contributed by atoms with Crippen LogP contribution in [0.15, 0.2) is 24.5 Å². The minimum Gasteiger partial charge on any atom is -0.335 e. The molecule has 3 rings (SSSR count). The third-order valence-corrected chi connectivity index (χ3v) is 5.82. The van der Waals surface area contributed by atoms with Gasteiger partial charge in [-0.3, -0.25) is 4.98 Å². The van der Waals surface area contributed by atoms with Gasteiger partial charge in [-0.15, -0.1) is 0 Å². The summed E-state index contributed by atoms with van der Waals surface area (Å²) in [6.07, 6.45) is 13.1.